The number of fused-ring (bicyclic) bond motifs is 2. The molecule has 2 aromatic heterocycles. The van der Waals surface area contributed by atoms with Gasteiger partial charge in [0, 0.05) is 48.0 Å². The van der Waals surface area contributed by atoms with E-state index in [4.69, 9.17) is 11.5 Å². The minimum Gasteiger partial charge on any atom is -0.343 e. The second-order valence-corrected chi connectivity index (χ2v) is 14.8. The van der Waals surface area contributed by atoms with Crippen molar-refractivity contribution >= 4 is 23.2 Å². The predicted octanol–water partition coefficient (Wildman–Crippen LogP) is 8.25. The summed E-state index contributed by atoms with van der Waals surface area (Å²) in [7, 11) is 0. The van der Waals surface area contributed by atoms with Crippen molar-refractivity contribution in [2.45, 2.75) is 60.3 Å². The minimum absolute atomic E-state index is 0. The van der Waals surface area contributed by atoms with E-state index < -0.39 is 0 Å². The van der Waals surface area contributed by atoms with E-state index in [1.165, 1.54) is 22.3 Å². The minimum atomic E-state index is -0.258. The van der Waals surface area contributed by atoms with Crippen LogP contribution in [-0.2, 0) is 13.1 Å². The molecule has 6 N–H and O–H groups in total. The maximum Gasteiger partial charge on any atom is 0.270 e. The Morgan fingerprint density at radius 1 is 0.559 bits per heavy atom. The Kier molecular flexibility index (Phi) is 13.4. The highest BCUT2D eigenvalue weighted by molar-refractivity contribution is 6.04. The van der Waals surface area contributed by atoms with Gasteiger partial charge in [-0.1, -0.05) is 91.3 Å². The summed E-state index contributed by atoms with van der Waals surface area (Å²) in [5.41, 5.74) is 27.8. The molecule has 4 aromatic carbocycles. The zero-order valence-electron chi connectivity index (χ0n) is 33.3. The molecule has 59 heavy (non-hydrogen) atoms. The summed E-state index contributed by atoms with van der Waals surface area (Å²) >= 11 is 0. The number of benzene rings is 4. The number of carbonyl (C=O) groups excluding carboxylic acids is 2. The van der Waals surface area contributed by atoms with Gasteiger partial charge in [-0.15, -0.1) is 0 Å². The third-order valence-electron chi connectivity index (χ3n) is 10.6. The Bertz CT molecular complexity index is 2380. The highest BCUT2D eigenvalue weighted by Gasteiger charge is 2.19. The van der Waals surface area contributed by atoms with E-state index in [2.05, 4.69) is 67.0 Å². The van der Waals surface area contributed by atoms with Crippen molar-refractivity contribution in [1.29, 1.82) is 0 Å². The van der Waals surface area contributed by atoms with Gasteiger partial charge in [0.2, 0.25) is 0 Å². The number of aromatic nitrogens is 2. The summed E-state index contributed by atoms with van der Waals surface area (Å²) in [5.74, 6) is -0.467. The van der Waals surface area contributed by atoms with E-state index in [-0.39, 0.29) is 31.3 Å². The quantitative estimate of drug-likeness (QED) is 0.109. The van der Waals surface area contributed by atoms with Crippen LogP contribution in [0.3, 0.4) is 0 Å². The molecule has 10 heteroatoms. The summed E-state index contributed by atoms with van der Waals surface area (Å²) in [6.45, 7) is 10.2. The lowest BCUT2D eigenvalue weighted by atomic mass is 9.98. The smallest absolute Gasteiger partial charge is 0.270 e. The number of hydrogen-bond acceptors (Lipinski definition) is 8. The SMILES string of the molecule is C.CC1=NCc2ccc(-c3ccnc(C(=O)NC(CN)c4cccc(C)c4)c3)cc21.CC1=NCc2ccc(-c3ccnc(C(=O)NC(CN)c4cccc(C)c4)c3)cc21. The summed E-state index contributed by atoms with van der Waals surface area (Å²) in [6, 6.07) is 35.6. The van der Waals surface area contributed by atoms with Crippen LogP contribution < -0.4 is 22.1 Å². The molecule has 10 nitrogen and oxygen atoms in total. The van der Waals surface area contributed by atoms with Crippen molar-refractivity contribution < 1.29 is 9.59 Å². The predicted molar refractivity (Wildman–Crippen MR) is 239 cm³/mol. The van der Waals surface area contributed by atoms with Gasteiger partial charge in [0.05, 0.1) is 25.2 Å². The van der Waals surface area contributed by atoms with Gasteiger partial charge < -0.3 is 22.1 Å². The van der Waals surface area contributed by atoms with Crippen molar-refractivity contribution in [3.8, 4) is 22.3 Å². The number of aliphatic imine (C=N–C) groups is 2. The molecule has 0 aliphatic carbocycles. The Balaban J connectivity index is 0.000000195. The van der Waals surface area contributed by atoms with Crippen LogP contribution in [0.4, 0.5) is 0 Å². The molecule has 300 valence electrons. The van der Waals surface area contributed by atoms with Crippen LogP contribution in [-0.4, -0.2) is 46.3 Å². The Labute approximate surface area is 347 Å². The van der Waals surface area contributed by atoms with Gasteiger partial charge in [0.1, 0.15) is 11.4 Å². The molecule has 2 unspecified atom stereocenters. The maximum absolute atomic E-state index is 12.8. The number of nitrogens with one attached hydrogen (secondary N) is 2. The molecule has 2 amide bonds. The van der Waals surface area contributed by atoms with Crippen molar-refractivity contribution in [3.63, 3.8) is 0 Å². The molecule has 0 saturated heterocycles. The fourth-order valence-corrected chi connectivity index (χ4v) is 7.30. The van der Waals surface area contributed by atoms with Gasteiger partial charge in [0.15, 0.2) is 0 Å². The maximum atomic E-state index is 12.8. The standard InChI is InChI=1S/2C24H24N4O.CH4/c2*1-15-4-3-5-19(10-15)23(13-25)28-24(29)22-12-18(8-9-26-22)17-6-7-20-14-27-16(2)21(20)11-17;/h2*3-12,23H,13-14,25H2,1-2H3,(H,28,29);1H4. The fourth-order valence-electron chi connectivity index (χ4n) is 7.30. The normalized spacial score (nSPS) is 13.3. The second kappa shape index (κ2) is 18.8. The van der Waals surface area contributed by atoms with Gasteiger partial charge in [0.25, 0.3) is 11.8 Å². The fraction of sp³-hybridized carbons (Fsp3) is 0.224. The molecular weight excluding hydrogens is 733 g/mol. The highest BCUT2D eigenvalue weighted by atomic mass is 16.2. The largest absolute Gasteiger partial charge is 0.343 e. The topological polar surface area (TPSA) is 161 Å². The Morgan fingerprint density at radius 2 is 0.966 bits per heavy atom. The van der Waals surface area contributed by atoms with Gasteiger partial charge >= 0.3 is 0 Å². The van der Waals surface area contributed by atoms with Gasteiger partial charge in [-0.3, -0.25) is 29.5 Å². The number of nitrogens with zero attached hydrogens (tertiary/aromatic N) is 4. The lowest BCUT2D eigenvalue weighted by molar-refractivity contribution is 0.0924. The summed E-state index contributed by atoms with van der Waals surface area (Å²) < 4.78 is 0. The zero-order chi connectivity index (χ0) is 40.8. The van der Waals surface area contributed by atoms with E-state index in [0.717, 1.165) is 69.0 Å². The van der Waals surface area contributed by atoms with E-state index in [9.17, 15) is 9.59 Å². The molecule has 8 rings (SSSR count). The molecule has 0 saturated carbocycles. The third-order valence-corrected chi connectivity index (χ3v) is 10.6. The first-order valence-corrected chi connectivity index (χ1v) is 19.5. The molecule has 2 aliphatic heterocycles. The van der Waals surface area contributed by atoms with E-state index in [0.29, 0.717) is 24.5 Å². The summed E-state index contributed by atoms with van der Waals surface area (Å²) in [4.78, 5) is 43.2. The van der Waals surface area contributed by atoms with E-state index in [1.54, 1.807) is 12.4 Å². The molecule has 0 spiro atoms. The van der Waals surface area contributed by atoms with Crippen molar-refractivity contribution in [1.82, 2.24) is 20.6 Å². The summed E-state index contributed by atoms with van der Waals surface area (Å²) in [6.07, 6.45) is 3.34. The number of nitrogens with two attached hydrogens (primary N) is 2. The molecule has 0 radical (unpaired) electrons. The molecule has 0 bridgehead atoms. The number of pyridine rings is 2. The summed E-state index contributed by atoms with van der Waals surface area (Å²) in [5, 5.41) is 6.02. The van der Waals surface area contributed by atoms with E-state index >= 15 is 0 Å². The van der Waals surface area contributed by atoms with E-state index in [1.807, 2.05) is 100 Å². The number of aryl methyl sites for hydroxylation is 2. The van der Waals surface area contributed by atoms with Gasteiger partial charge in [-0.05, 0) is 109 Å². The first-order valence-electron chi connectivity index (χ1n) is 19.5. The van der Waals surface area contributed by atoms with Crippen LogP contribution in [0.15, 0.2) is 132 Å². The second-order valence-electron chi connectivity index (χ2n) is 14.8. The number of hydrogen-bond donors (Lipinski definition) is 4. The zero-order valence-corrected chi connectivity index (χ0v) is 33.3. The molecular formula is C49H52N8O2. The molecule has 2 aliphatic rings. The Morgan fingerprint density at radius 3 is 1.36 bits per heavy atom. The van der Waals surface area contributed by atoms with Crippen molar-refractivity contribution in [3.05, 3.63) is 177 Å². The molecule has 4 heterocycles. The van der Waals surface area contributed by atoms with Crippen LogP contribution in [0.1, 0.15) is 98.8 Å². The first kappa shape index (κ1) is 42.0. The number of rotatable bonds is 10. The highest BCUT2D eigenvalue weighted by Crippen LogP contribution is 2.28. The van der Waals surface area contributed by atoms with Gasteiger partial charge in [-0.25, -0.2) is 0 Å². The average Bonchev–Trinajstić information content (AvgIpc) is 3.82. The van der Waals surface area contributed by atoms with Crippen LogP contribution in [0, 0.1) is 13.8 Å². The van der Waals surface area contributed by atoms with Crippen LogP contribution in [0.25, 0.3) is 22.3 Å². The molecule has 0 fully saturated rings. The lowest BCUT2D eigenvalue weighted by Crippen LogP contribution is -2.33. The lowest BCUT2D eigenvalue weighted by Gasteiger charge is -2.18. The van der Waals surface area contributed by atoms with Crippen LogP contribution >= 0.6 is 0 Å². The van der Waals surface area contributed by atoms with Crippen molar-refractivity contribution in [2.75, 3.05) is 13.1 Å². The first-order chi connectivity index (χ1) is 28.1. The van der Waals surface area contributed by atoms with Crippen LogP contribution in [0.2, 0.25) is 0 Å². The van der Waals surface area contributed by atoms with Gasteiger partial charge in [-0.2, -0.15) is 0 Å². The number of amides is 2. The van der Waals surface area contributed by atoms with Crippen LogP contribution in [0.5, 0.6) is 0 Å². The average molecular weight is 785 g/mol. The Hall–Kier alpha value is -6.62. The molecule has 6 aromatic rings. The number of carbonyl (C=O) groups is 2. The monoisotopic (exact) mass is 784 g/mol. The molecule has 2 atom stereocenters. The van der Waals surface area contributed by atoms with Crippen molar-refractivity contribution in [2.24, 2.45) is 21.5 Å². The third kappa shape index (κ3) is 9.75.